The van der Waals surface area contributed by atoms with Gasteiger partial charge in [-0.1, -0.05) is 0 Å². The normalized spacial score (nSPS) is 18.2. The van der Waals surface area contributed by atoms with Gasteiger partial charge in [-0.05, 0) is 38.0 Å². The van der Waals surface area contributed by atoms with Crippen LogP contribution in [-0.2, 0) is 0 Å². The maximum absolute atomic E-state index is 12.9. The number of rotatable bonds is 5. The van der Waals surface area contributed by atoms with E-state index in [1.165, 1.54) is 24.9 Å². The minimum Gasteiger partial charge on any atom is -0.495 e. The second kappa shape index (κ2) is 9.26. The maximum atomic E-state index is 12.9. The highest BCUT2D eigenvalue weighted by Gasteiger charge is 2.31. The molecule has 0 radical (unpaired) electrons. The van der Waals surface area contributed by atoms with Gasteiger partial charge in [0.25, 0.3) is 11.6 Å². The van der Waals surface area contributed by atoms with Crippen LogP contribution in [0.15, 0.2) is 17.0 Å². The number of likely N-dealkylation sites (tertiary alicyclic amines) is 1. The van der Waals surface area contributed by atoms with Gasteiger partial charge in [-0.15, -0.1) is 24.2 Å². The topological polar surface area (TPSA) is 98.7 Å². The lowest BCUT2D eigenvalue weighted by Crippen LogP contribution is -2.45. The second-order valence-corrected chi connectivity index (χ2v) is 6.84. The van der Waals surface area contributed by atoms with Crippen LogP contribution in [0.4, 0.5) is 5.69 Å². The van der Waals surface area contributed by atoms with Gasteiger partial charge in [-0.25, -0.2) is 0 Å². The lowest BCUT2D eigenvalue weighted by molar-refractivity contribution is -0.385. The van der Waals surface area contributed by atoms with Crippen molar-refractivity contribution in [2.75, 3.05) is 26.5 Å². The maximum Gasteiger partial charge on any atom is 0.285 e. The lowest BCUT2D eigenvalue weighted by atomic mass is 9.91. The molecule has 0 spiro atoms. The molecule has 1 amide bonds. The Kier molecular flexibility index (Phi) is 7.98. The fourth-order valence-corrected chi connectivity index (χ4v) is 3.56. The summed E-state index contributed by atoms with van der Waals surface area (Å²) < 4.78 is 5.19. The van der Waals surface area contributed by atoms with Crippen molar-refractivity contribution in [1.82, 2.24) is 4.90 Å². The molecule has 2 atom stereocenters. The summed E-state index contributed by atoms with van der Waals surface area (Å²) in [4.78, 5) is 26.1. The molecule has 1 aliphatic heterocycles. The van der Waals surface area contributed by atoms with Crippen LogP contribution in [-0.4, -0.2) is 48.2 Å². The van der Waals surface area contributed by atoms with Gasteiger partial charge in [0.1, 0.15) is 11.3 Å². The van der Waals surface area contributed by atoms with E-state index in [0.29, 0.717) is 23.7 Å². The number of nitro groups is 1. The molecule has 1 aromatic carbocycles. The number of nitrogens with two attached hydrogens (primary N) is 1. The largest absolute Gasteiger partial charge is 0.495 e. The first-order chi connectivity index (χ1) is 11.4. The molecule has 1 heterocycles. The van der Waals surface area contributed by atoms with E-state index >= 15 is 0 Å². The van der Waals surface area contributed by atoms with Crippen LogP contribution in [0.5, 0.6) is 5.75 Å². The molecule has 0 aliphatic carbocycles. The number of methoxy groups -OCH3 is 1. The van der Waals surface area contributed by atoms with Crippen molar-refractivity contribution < 1.29 is 14.5 Å². The van der Waals surface area contributed by atoms with E-state index in [0.717, 1.165) is 12.8 Å². The highest BCUT2D eigenvalue weighted by atomic mass is 35.5. The van der Waals surface area contributed by atoms with Crippen LogP contribution in [0.2, 0.25) is 0 Å². The molecule has 1 aromatic rings. The van der Waals surface area contributed by atoms with Gasteiger partial charge in [0.15, 0.2) is 0 Å². The van der Waals surface area contributed by atoms with Crippen LogP contribution in [0.1, 0.15) is 30.1 Å². The quantitative estimate of drug-likeness (QED) is 0.472. The van der Waals surface area contributed by atoms with Gasteiger partial charge in [0, 0.05) is 19.1 Å². The standard InChI is InChI=1S/C16H23N3O4S.ClH/c1-10(17)11-5-4-6-18(9-11)16(20)12-7-15(24-3)14(23-2)8-13(12)19(21)22;/h7-8,10-11H,4-6,9,17H2,1-3H3;1H. The lowest BCUT2D eigenvalue weighted by Gasteiger charge is -2.34. The number of carbonyl (C=O) groups excluding carboxylic acids is 1. The number of halogens is 1. The van der Waals surface area contributed by atoms with Crippen LogP contribution >= 0.6 is 24.2 Å². The average molecular weight is 390 g/mol. The number of nitrogens with zero attached hydrogens (tertiary/aromatic N) is 2. The van der Waals surface area contributed by atoms with Crippen molar-refractivity contribution >= 4 is 35.8 Å². The van der Waals surface area contributed by atoms with Crippen LogP contribution in [0.25, 0.3) is 0 Å². The molecule has 2 N–H and O–H groups in total. The molecule has 0 saturated carbocycles. The fourth-order valence-electron chi connectivity index (χ4n) is 2.98. The molecule has 0 bridgehead atoms. The number of benzene rings is 1. The molecule has 9 heteroatoms. The Balaban J connectivity index is 0.00000312. The molecule has 7 nitrogen and oxygen atoms in total. The van der Waals surface area contributed by atoms with E-state index in [4.69, 9.17) is 10.5 Å². The molecule has 1 saturated heterocycles. The molecule has 0 aromatic heterocycles. The second-order valence-electron chi connectivity index (χ2n) is 5.99. The first-order valence-corrected chi connectivity index (χ1v) is 9.06. The Hall–Kier alpha value is -1.51. The van der Waals surface area contributed by atoms with Gasteiger partial charge in [-0.3, -0.25) is 14.9 Å². The van der Waals surface area contributed by atoms with Crippen molar-refractivity contribution in [3.8, 4) is 5.75 Å². The van der Waals surface area contributed by atoms with E-state index < -0.39 is 4.92 Å². The number of carbonyl (C=O) groups is 1. The van der Waals surface area contributed by atoms with Gasteiger partial charge < -0.3 is 15.4 Å². The summed E-state index contributed by atoms with van der Waals surface area (Å²) in [5.41, 5.74) is 5.85. The summed E-state index contributed by atoms with van der Waals surface area (Å²) in [5.74, 6) is 0.308. The molecule has 1 fully saturated rings. The summed E-state index contributed by atoms with van der Waals surface area (Å²) in [7, 11) is 1.46. The Labute approximate surface area is 157 Å². The average Bonchev–Trinajstić information content (AvgIpc) is 2.59. The van der Waals surface area contributed by atoms with Gasteiger partial charge in [0.05, 0.1) is 23.0 Å². The van der Waals surface area contributed by atoms with E-state index in [9.17, 15) is 14.9 Å². The monoisotopic (exact) mass is 389 g/mol. The smallest absolute Gasteiger partial charge is 0.285 e. The Morgan fingerprint density at radius 3 is 2.72 bits per heavy atom. The van der Waals surface area contributed by atoms with Crippen molar-refractivity contribution in [3.63, 3.8) is 0 Å². The van der Waals surface area contributed by atoms with Crippen molar-refractivity contribution in [2.45, 2.75) is 30.7 Å². The third kappa shape index (κ3) is 4.77. The van der Waals surface area contributed by atoms with Crippen LogP contribution in [0.3, 0.4) is 0 Å². The zero-order valence-corrected chi connectivity index (χ0v) is 16.2. The summed E-state index contributed by atoms with van der Waals surface area (Å²) in [5, 5.41) is 11.4. The van der Waals surface area contributed by atoms with Gasteiger partial charge in [-0.2, -0.15) is 0 Å². The van der Waals surface area contributed by atoms with Gasteiger partial charge in [0.2, 0.25) is 0 Å². The predicted octanol–water partition coefficient (Wildman–Crippen LogP) is 2.95. The third-order valence-electron chi connectivity index (χ3n) is 4.42. The Bertz CT molecular complexity index is 642. The number of amides is 1. The number of ether oxygens (including phenoxy) is 1. The fraction of sp³-hybridized carbons (Fsp3) is 0.562. The highest BCUT2D eigenvalue weighted by molar-refractivity contribution is 7.98. The summed E-state index contributed by atoms with van der Waals surface area (Å²) in [6.45, 7) is 3.06. The number of piperidine rings is 1. The summed E-state index contributed by atoms with van der Waals surface area (Å²) >= 11 is 1.39. The highest BCUT2D eigenvalue weighted by Crippen LogP contribution is 2.35. The van der Waals surface area contributed by atoms with Crippen molar-refractivity contribution in [2.24, 2.45) is 11.7 Å². The first kappa shape index (κ1) is 21.5. The minimum absolute atomic E-state index is 0. The Morgan fingerprint density at radius 2 is 2.20 bits per heavy atom. The molecule has 1 aliphatic rings. The zero-order valence-electron chi connectivity index (χ0n) is 14.6. The van der Waals surface area contributed by atoms with Crippen molar-refractivity contribution in [3.05, 3.63) is 27.8 Å². The zero-order chi connectivity index (χ0) is 17.9. The van der Waals surface area contributed by atoms with Crippen LogP contribution < -0.4 is 10.5 Å². The molecular weight excluding hydrogens is 366 g/mol. The Morgan fingerprint density at radius 1 is 1.52 bits per heavy atom. The van der Waals surface area contributed by atoms with E-state index in [2.05, 4.69) is 0 Å². The summed E-state index contributed by atoms with van der Waals surface area (Å²) in [6, 6.07) is 2.87. The number of hydrogen-bond donors (Lipinski definition) is 1. The first-order valence-electron chi connectivity index (χ1n) is 7.84. The van der Waals surface area contributed by atoms with Crippen LogP contribution in [0, 0.1) is 16.0 Å². The SMILES string of the molecule is COc1cc([N+](=O)[O-])c(C(=O)N2CCCC(C(C)N)C2)cc1SC.Cl. The molecule has 2 unspecified atom stereocenters. The molecule has 140 valence electrons. The summed E-state index contributed by atoms with van der Waals surface area (Å²) in [6.07, 6.45) is 3.67. The number of thioether (sulfide) groups is 1. The number of nitro benzene ring substituents is 1. The predicted molar refractivity (Wildman–Crippen MR) is 101 cm³/mol. The number of hydrogen-bond acceptors (Lipinski definition) is 6. The minimum atomic E-state index is -0.535. The van der Waals surface area contributed by atoms with E-state index in [1.807, 2.05) is 13.2 Å². The van der Waals surface area contributed by atoms with E-state index in [-0.39, 0.29) is 41.5 Å². The van der Waals surface area contributed by atoms with Crippen molar-refractivity contribution in [1.29, 1.82) is 0 Å². The third-order valence-corrected chi connectivity index (χ3v) is 5.18. The molecule has 25 heavy (non-hydrogen) atoms. The van der Waals surface area contributed by atoms with E-state index in [1.54, 1.807) is 11.0 Å². The van der Waals surface area contributed by atoms with Gasteiger partial charge >= 0.3 is 0 Å². The molecule has 2 rings (SSSR count). The molecular formula is C16H24ClN3O4S.